The van der Waals surface area contributed by atoms with Gasteiger partial charge in [0.05, 0.1) is 11.4 Å². The van der Waals surface area contributed by atoms with Crippen LogP contribution in [0.1, 0.15) is 11.3 Å². The zero-order chi connectivity index (χ0) is 18.1. The standard InChI is InChI=1S/C15H13F2N5O2S/c1-7-8(2)22-14(19-13(7)24)20-21-15(22)25-6-12(23)18-11-4-3-9(16)5-10(11)17/h3-5H,6H2,1-2H3,(H,18,23)(H,19,20,24). The molecule has 0 bridgehead atoms. The van der Waals surface area contributed by atoms with Gasteiger partial charge in [0.25, 0.3) is 5.56 Å². The molecule has 0 unspecified atom stereocenters. The lowest BCUT2D eigenvalue weighted by molar-refractivity contribution is -0.113. The predicted molar refractivity (Wildman–Crippen MR) is 88.8 cm³/mol. The molecular formula is C15H13F2N5O2S. The highest BCUT2D eigenvalue weighted by Gasteiger charge is 2.15. The van der Waals surface area contributed by atoms with Crippen LogP contribution < -0.4 is 10.9 Å². The summed E-state index contributed by atoms with van der Waals surface area (Å²) in [6, 6.07) is 2.90. The van der Waals surface area contributed by atoms with E-state index in [1.807, 2.05) is 0 Å². The maximum absolute atomic E-state index is 13.5. The maximum atomic E-state index is 13.5. The number of H-pyrrole nitrogens is 1. The van der Waals surface area contributed by atoms with Crippen LogP contribution in [0, 0.1) is 25.5 Å². The molecule has 0 aliphatic heterocycles. The lowest BCUT2D eigenvalue weighted by Gasteiger charge is -2.07. The van der Waals surface area contributed by atoms with E-state index in [1.165, 1.54) is 0 Å². The summed E-state index contributed by atoms with van der Waals surface area (Å²) in [6.07, 6.45) is 0. The van der Waals surface area contributed by atoms with Crippen molar-refractivity contribution < 1.29 is 13.6 Å². The number of carbonyl (C=O) groups is 1. The Labute approximate surface area is 144 Å². The van der Waals surface area contributed by atoms with E-state index in [9.17, 15) is 18.4 Å². The van der Waals surface area contributed by atoms with Crippen LogP contribution in [0.4, 0.5) is 14.5 Å². The maximum Gasteiger partial charge on any atom is 0.255 e. The largest absolute Gasteiger partial charge is 0.323 e. The molecule has 25 heavy (non-hydrogen) atoms. The van der Waals surface area contributed by atoms with E-state index in [0.717, 1.165) is 23.9 Å². The van der Waals surface area contributed by atoms with Gasteiger partial charge >= 0.3 is 0 Å². The summed E-state index contributed by atoms with van der Waals surface area (Å²) in [4.78, 5) is 26.3. The lowest BCUT2D eigenvalue weighted by atomic mass is 10.3. The predicted octanol–water partition coefficient (Wildman–Crippen LogP) is 2.04. The number of halogens is 2. The molecule has 2 aromatic heterocycles. The van der Waals surface area contributed by atoms with Crippen molar-refractivity contribution in [2.24, 2.45) is 0 Å². The summed E-state index contributed by atoms with van der Waals surface area (Å²) in [5.41, 5.74) is 0.830. The van der Waals surface area contributed by atoms with Gasteiger partial charge in [-0.1, -0.05) is 11.8 Å². The SMILES string of the molecule is Cc1c(C)n2c(SCC(=O)Nc3ccc(F)cc3F)nnc2[nH]c1=O. The number of benzene rings is 1. The van der Waals surface area contributed by atoms with Crippen LogP contribution in [0.5, 0.6) is 0 Å². The van der Waals surface area contributed by atoms with Gasteiger partial charge in [0.1, 0.15) is 11.6 Å². The van der Waals surface area contributed by atoms with Crippen molar-refractivity contribution in [2.45, 2.75) is 19.0 Å². The first-order valence-corrected chi connectivity index (χ1v) is 8.17. The highest BCUT2D eigenvalue weighted by molar-refractivity contribution is 7.99. The third kappa shape index (κ3) is 3.38. The monoisotopic (exact) mass is 365 g/mol. The molecular weight excluding hydrogens is 352 g/mol. The van der Waals surface area contributed by atoms with E-state index in [2.05, 4.69) is 20.5 Å². The van der Waals surface area contributed by atoms with E-state index in [0.29, 0.717) is 22.5 Å². The first-order chi connectivity index (χ1) is 11.9. The van der Waals surface area contributed by atoms with Crippen molar-refractivity contribution in [2.75, 3.05) is 11.1 Å². The molecule has 3 aromatic rings. The number of anilines is 1. The Balaban J connectivity index is 1.75. The van der Waals surface area contributed by atoms with Gasteiger partial charge in [-0.05, 0) is 26.0 Å². The van der Waals surface area contributed by atoms with Gasteiger partial charge in [0.15, 0.2) is 5.16 Å². The van der Waals surface area contributed by atoms with Gasteiger partial charge in [-0.2, -0.15) is 0 Å². The highest BCUT2D eigenvalue weighted by atomic mass is 32.2. The zero-order valence-corrected chi connectivity index (χ0v) is 14.1. The smallest absolute Gasteiger partial charge is 0.255 e. The molecule has 0 spiro atoms. The topological polar surface area (TPSA) is 92.2 Å². The molecule has 0 saturated carbocycles. The molecule has 0 radical (unpaired) electrons. The van der Waals surface area contributed by atoms with Crippen LogP contribution >= 0.6 is 11.8 Å². The van der Waals surface area contributed by atoms with E-state index in [1.54, 1.807) is 18.2 Å². The summed E-state index contributed by atoms with van der Waals surface area (Å²) in [5.74, 6) is -1.84. The van der Waals surface area contributed by atoms with Gasteiger partial charge in [-0.3, -0.25) is 19.0 Å². The fraction of sp³-hybridized carbons (Fsp3) is 0.200. The molecule has 0 aliphatic rings. The van der Waals surface area contributed by atoms with Crippen molar-refractivity contribution in [3.63, 3.8) is 0 Å². The van der Waals surface area contributed by atoms with Gasteiger partial charge in [0.2, 0.25) is 11.7 Å². The number of nitrogens with zero attached hydrogens (tertiary/aromatic N) is 3. The van der Waals surface area contributed by atoms with E-state index in [-0.39, 0.29) is 22.8 Å². The number of amides is 1. The Bertz CT molecular complexity index is 1030. The number of hydrogen-bond donors (Lipinski definition) is 2. The second-order valence-corrected chi connectivity index (χ2v) is 6.21. The van der Waals surface area contributed by atoms with Gasteiger partial charge < -0.3 is 5.32 Å². The number of fused-ring (bicyclic) bond motifs is 1. The highest BCUT2D eigenvalue weighted by Crippen LogP contribution is 2.20. The average molecular weight is 365 g/mol. The molecule has 0 fully saturated rings. The van der Waals surface area contributed by atoms with Crippen LogP contribution in [-0.2, 0) is 4.79 Å². The molecule has 7 nitrogen and oxygen atoms in total. The molecule has 10 heteroatoms. The Kier molecular flexibility index (Phi) is 4.53. The van der Waals surface area contributed by atoms with Crippen LogP contribution in [0.15, 0.2) is 28.2 Å². The van der Waals surface area contributed by atoms with E-state index < -0.39 is 17.5 Å². The number of carbonyl (C=O) groups excluding carboxylic acids is 1. The summed E-state index contributed by atoms with van der Waals surface area (Å²) in [5, 5.41) is 10.6. The van der Waals surface area contributed by atoms with E-state index >= 15 is 0 Å². The van der Waals surface area contributed by atoms with Gasteiger partial charge in [-0.25, -0.2) is 8.78 Å². The minimum Gasteiger partial charge on any atom is -0.323 e. The minimum absolute atomic E-state index is 0.0603. The van der Waals surface area contributed by atoms with Crippen molar-refractivity contribution >= 4 is 29.1 Å². The Hall–Kier alpha value is -2.75. The zero-order valence-electron chi connectivity index (χ0n) is 13.3. The Morgan fingerprint density at radius 2 is 2.08 bits per heavy atom. The molecule has 3 rings (SSSR count). The quantitative estimate of drug-likeness (QED) is 0.691. The summed E-state index contributed by atoms with van der Waals surface area (Å²) < 4.78 is 28.0. The number of aromatic nitrogens is 4. The van der Waals surface area contributed by atoms with Crippen molar-refractivity contribution in [3.05, 3.63) is 51.4 Å². The first-order valence-electron chi connectivity index (χ1n) is 7.19. The Morgan fingerprint density at radius 1 is 1.32 bits per heavy atom. The summed E-state index contributed by atoms with van der Waals surface area (Å²) in [6.45, 7) is 3.42. The third-order valence-corrected chi connectivity index (χ3v) is 4.54. The molecule has 2 heterocycles. The number of hydrogen-bond acceptors (Lipinski definition) is 5. The first kappa shape index (κ1) is 17.1. The minimum atomic E-state index is -0.852. The summed E-state index contributed by atoms with van der Waals surface area (Å²) in [7, 11) is 0. The van der Waals surface area contributed by atoms with Crippen LogP contribution in [-0.4, -0.2) is 31.2 Å². The van der Waals surface area contributed by atoms with Crippen molar-refractivity contribution in [3.8, 4) is 0 Å². The lowest BCUT2D eigenvalue weighted by Crippen LogP contribution is -2.17. The molecule has 0 saturated heterocycles. The second-order valence-electron chi connectivity index (χ2n) is 5.27. The average Bonchev–Trinajstić information content (AvgIpc) is 2.96. The molecule has 2 N–H and O–H groups in total. The molecule has 130 valence electrons. The molecule has 1 aromatic carbocycles. The van der Waals surface area contributed by atoms with Gasteiger partial charge in [0, 0.05) is 17.3 Å². The number of thioether (sulfide) groups is 1. The second kappa shape index (κ2) is 6.63. The number of aryl methyl sites for hydroxylation is 1. The normalized spacial score (nSPS) is 11.0. The van der Waals surface area contributed by atoms with Gasteiger partial charge in [-0.15, -0.1) is 10.2 Å². The Morgan fingerprint density at radius 3 is 2.80 bits per heavy atom. The fourth-order valence-electron chi connectivity index (χ4n) is 2.18. The summed E-state index contributed by atoms with van der Waals surface area (Å²) >= 11 is 1.08. The van der Waals surface area contributed by atoms with Crippen LogP contribution in [0.3, 0.4) is 0 Å². The van der Waals surface area contributed by atoms with E-state index in [4.69, 9.17) is 0 Å². The van der Waals surface area contributed by atoms with Crippen molar-refractivity contribution in [1.82, 2.24) is 19.6 Å². The molecule has 0 aliphatic carbocycles. The molecule has 1 amide bonds. The van der Waals surface area contributed by atoms with Crippen molar-refractivity contribution in [1.29, 1.82) is 0 Å². The van der Waals surface area contributed by atoms with Crippen LogP contribution in [0.2, 0.25) is 0 Å². The number of nitrogens with one attached hydrogen (secondary N) is 2. The number of rotatable bonds is 4. The molecule has 0 atom stereocenters. The van der Waals surface area contributed by atoms with Crippen LogP contribution in [0.25, 0.3) is 5.78 Å². The fourth-order valence-corrected chi connectivity index (χ4v) is 2.96. The third-order valence-electron chi connectivity index (χ3n) is 3.61. The number of aromatic amines is 1.